The van der Waals surface area contributed by atoms with Crippen molar-refractivity contribution in [3.63, 3.8) is 0 Å². The lowest BCUT2D eigenvalue weighted by molar-refractivity contribution is 0.993. The summed E-state index contributed by atoms with van der Waals surface area (Å²) in [5.74, 6) is 0.275. The number of nitrogens with one attached hydrogen (secondary N) is 2. The van der Waals surface area contributed by atoms with Gasteiger partial charge in [0, 0.05) is 17.3 Å². The minimum atomic E-state index is 0.275. The first kappa shape index (κ1) is 12.5. The highest BCUT2D eigenvalue weighted by Gasteiger charge is 2.07. The van der Waals surface area contributed by atoms with Crippen molar-refractivity contribution in [1.29, 1.82) is 0 Å². The van der Waals surface area contributed by atoms with E-state index in [9.17, 15) is 0 Å². The van der Waals surface area contributed by atoms with E-state index in [0.717, 1.165) is 11.4 Å². The van der Waals surface area contributed by atoms with Crippen LogP contribution in [0.3, 0.4) is 0 Å². The van der Waals surface area contributed by atoms with E-state index in [0.29, 0.717) is 5.11 Å². The molecular weight excluding hydrogens is 242 g/mol. The first-order valence-electron chi connectivity index (χ1n) is 5.77. The molecule has 1 aliphatic carbocycles. The second-order valence-electron chi connectivity index (χ2n) is 3.98. The van der Waals surface area contributed by atoms with Gasteiger partial charge in [0.15, 0.2) is 5.11 Å². The van der Waals surface area contributed by atoms with Crippen molar-refractivity contribution in [2.45, 2.75) is 6.92 Å². The Morgan fingerprint density at radius 2 is 1.83 bits per heavy atom. The molecule has 2 rings (SSSR count). The van der Waals surface area contributed by atoms with Crippen LogP contribution in [0.4, 0.5) is 5.69 Å². The van der Waals surface area contributed by atoms with Gasteiger partial charge in [0.1, 0.15) is 0 Å². The van der Waals surface area contributed by atoms with Gasteiger partial charge in [0.25, 0.3) is 0 Å². The highest BCUT2D eigenvalue weighted by Crippen LogP contribution is 2.10. The van der Waals surface area contributed by atoms with E-state index in [4.69, 9.17) is 12.2 Å². The minimum absolute atomic E-state index is 0.275. The molecule has 0 heterocycles. The fourth-order valence-electron chi connectivity index (χ4n) is 1.60. The quantitative estimate of drug-likeness (QED) is 0.496. The maximum atomic E-state index is 5.16. The van der Waals surface area contributed by atoms with E-state index < -0.39 is 0 Å². The van der Waals surface area contributed by atoms with E-state index >= 15 is 0 Å². The number of para-hydroxylation sites is 1. The summed E-state index contributed by atoms with van der Waals surface area (Å²) >= 11 is 5.16. The van der Waals surface area contributed by atoms with E-state index in [1.807, 2.05) is 49.4 Å². The summed E-state index contributed by atoms with van der Waals surface area (Å²) in [5.41, 5.74) is 4.78. The molecule has 4 heteroatoms. The van der Waals surface area contributed by atoms with Crippen LogP contribution in [0, 0.1) is 5.92 Å². The molecule has 92 valence electrons. The number of thiocarbonyl (C=S) groups is 1. The Bertz CT molecular complexity index is 491. The maximum Gasteiger partial charge on any atom is 0.191 e. The molecule has 0 fully saturated rings. The minimum Gasteiger partial charge on any atom is -0.331 e. The third-order valence-electron chi connectivity index (χ3n) is 2.60. The first-order chi connectivity index (χ1) is 8.75. The average Bonchev–Trinajstić information content (AvgIpc) is 2.91. The number of allylic oxidation sites excluding steroid dienone is 4. The van der Waals surface area contributed by atoms with Gasteiger partial charge in [0.05, 0.1) is 0 Å². The van der Waals surface area contributed by atoms with Crippen LogP contribution in [0.15, 0.2) is 59.7 Å². The van der Waals surface area contributed by atoms with E-state index in [-0.39, 0.29) is 5.92 Å². The molecule has 1 aliphatic rings. The van der Waals surface area contributed by atoms with Gasteiger partial charge in [-0.15, -0.1) is 0 Å². The Labute approximate surface area is 112 Å². The summed E-state index contributed by atoms with van der Waals surface area (Å²) < 4.78 is 0. The van der Waals surface area contributed by atoms with Gasteiger partial charge in [-0.3, -0.25) is 5.43 Å². The molecule has 0 bridgehead atoms. The van der Waals surface area contributed by atoms with Gasteiger partial charge in [-0.2, -0.15) is 5.10 Å². The average molecular weight is 257 g/mol. The molecule has 0 atom stereocenters. The SMILES string of the molecule is CC(=NNC(=S)Nc1ccccc1)C1C=CC=C1. The zero-order valence-electron chi connectivity index (χ0n) is 10.1. The van der Waals surface area contributed by atoms with Crippen molar-refractivity contribution in [2.75, 3.05) is 5.32 Å². The molecule has 1 aromatic carbocycles. The lowest BCUT2D eigenvalue weighted by Crippen LogP contribution is -2.25. The smallest absolute Gasteiger partial charge is 0.191 e. The van der Waals surface area contributed by atoms with Crippen LogP contribution >= 0.6 is 12.2 Å². The van der Waals surface area contributed by atoms with Crippen LogP contribution in [-0.4, -0.2) is 10.8 Å². The Morgan fingerprint density at radius 3 is 2.50 bits per heavy atom. The van der Waals surface area contributed by atoms with Crippen molar-refractivity contribution in [3.8, 4) is 0 Å². The Balaban J connectivity index is 1.86. The lowest BCUT2D eigenvalue weighted by atomic mass is 10.1. The van der Waals surface area contributed by atoms with Gasteiger partial charge in [-0.25, -0.2) is 0 Å². The number of benzene rings is 1. The molecule has 18 heavy (non-hydrogen) atoms. The predicted octanol–water partition coefficient (Wildman–Crippen LogP) is 3.09. The molecule has 1 aromatic rings. The number of hydrogen-bond acceptors (Lipinski definition) is 2. The monoisotopic (exact) mass is 257 g/mol. The molecule has 0 saturated carbocycles. The highest BCUT2D eigenvalue weighted by atomic mass is 32.1. The standard InChI is InChI=1S/C14H15N3S/c1-11(12-7-5-6-8-12)16-17-14(18)15-13-9-3-2-4-10-13/h2-10,12H,1H3,(H2,15,17,18). The van der Waals surface area contributed by atoms with Gasteiger partial charge in [-0.1, -0.05) is 42.5 Å². The zero-order valence-corrected chi connectivity index (χ0v) is 10.9. The summed E-state index contributed by atoms with van der Waals surface area (Å²) in [7, 11) is 0. The van der Waals surface area contributed by atoms with Crippen molar-refractivity contribution >= 4 is 28.7 Å². The molecular formula is C14H15N3S. The molecule has 0 saturated heterocycles. The zero-order chi connectivity index (χ0) is 12.8. The fraction of sp³-hybridized carbons (Fsp3) is 0.143. The summed E-state index contributed by atoms with van der Waals surface area (Å²) in [6, 6.07) is 9.77. The van der Waals surface area contributed by atoms with Crippen LogP contribution in [0.2, 0.25) is 0 Å². The van der Waals surface area contributed by atoms with Gasteiger partial charge in [0.2, 0.25) is 0 Å². The van der Waals surface area contributed by atoms with Crippen molar-refractivity contribution in [2.24, 2.45) is 11.0 Å². The van der Waals surface area contributed by atoms with Crippen LogP contribution in [0.1, 0.15) is 6.92 Å². The summed E-state index contributed by atoms with van der Waals surface area (Å²) in [6.07, 6.45) is 8.22. The van der Waals surface area contributed by atoms with Gasteiger partial charge < -0.3 is 5.32 Å². The Morgan fingerprint density at radius 1 is 1.17 bits per heavy atom. The molecule has 0 unspecified atom stereocenters. The van der Waals surface area contributed by atoms with Crippen LogP contribution in [0.5, 0.6) is 0 Å². The number of rotatable bonds is 3. The molecule has 0 amide bonds. The Hall–Kier alpha value is -1.94. The van der Waals surface area contributed by atoms with E-state index in [1.165, 1.54) is 0 Å². The number of anilines is 1. The molecule has 0 spiro atoms. The second-order valence-corrected chi connectivity index (χ2v) is 4.39. The van der Waals surface area contributed by atoms with E-state index in [2.05, 4.69) is 28.0 Å². The fourth-order valence-corrected chi connectivity index (χ4v) is 1.77. The van der Waals surface area contributed by atoms with Crippen LogP contribution < -0.4 is 10.7 Å². The topological polar surface area (TPSA) is 36.4 Å². The highest BCUT2D eigenvalue weighted by molar-refractivity contribution is 7.80. The number of nitrogens with zero attached hydrogens (tertiary/aromatic N) is 1. The van der Waals surface area contributed by atoms with Crippen LogP contribution in [-0.2, 0) is 0 Å². The van der Waals surface area contributed by atoms with Gasteiger partial charge in [-0.05, 0) is 31.3 Å². The first-order valence-corrected chi connectivity index (χ1v) is 6.18. The summed E-state index contributed by atoms with van der Waals surface area (Å²) in [5, 5.41) is 7.82. The summed E-state index contributed by atoms with van der Waals surface area (Å²) in [4.78, 5) is 0. The largest absolute Gasteiger partial charge is 0.331 e. The van der Waals surface area contributed by atoms with Crippen molar-refractivity contribution in [3.05, 3.63) is 54.6 Å². The number of hydrazone groups is 1. The van der Waals surface area contributed by atoms with Crippen molar-refractivity contribution in [1.82, 2.24) is 5.43 Å². The molecule has 3 nitrogen and oxygen atoms in total. The molecule has 2 N–H and O–H groups in total. The summed E-state index contributed by atoms with van der Waals surface area (Å²) in [6.45, 7) is 1.97. The van der Waals surface area contributed by atoms with Crippen molar-refractivity contribution < 1.29 is 0 Å². The Kier molecular flexibility index (Phi) is 4.25. The molecule has 0 aromatic heterocycles. The third-order valence-corrected chi connectivity index (χ3v) is 2.79. The lowest BCUT2D eigenvalue weighted by Gasteiger charge is -2.09. The molecule has 0 aliphatic heterocycles. The van der Waals surface area contributed by atoms with Crippen LogP contribution in [0.25, 0.3) is 0 Å². The second kappa shape index (κ2) is 6.12. The van der Waals surface area contributed by atoms with E-state index in [1.54, 1.807) is 0 Å². The third kappa shape index (κ3) is 3.53. The maximum absolute atomic E-state index is 5.16. The van der Waals surface area contributed by atoms with Gasteiger partial charge >= 0.3 is 0 Å². The predicted molar refractivity (Wildman–Crippen MR) is 80.7 cm³/mol. The number of hydrogen-bond donors (Lipinski definition) is 2. The molecule has 0 radical (unpaired) electrons. The normalized spacial score (nSPS) is 14.8.